The van der Waals surface area contributed by atoms with Crippen molar-refractivity contribution >= 4 is 55.8 Å². The Labute approximate surface area is 302 Å². The van der Waals surface area contributed by atoms with Gasteiger partial charge in [0.2, 0.25) is 5.91 Å². The third-order valence-electron chi connectivity index (χ3n) is 8.24. The molecule has 0 aliphatic carbocycles. The summed E-state index contributed by atoms with van der Waals surface area (Å²) in [6, 6.07) is 13.9. The zero-order valence-corrected chi connectivity index (χ0v) is 29.6. The Morgan fingerprint density at radius 3 is 2.40 bits per heavy atom. The van der Waals surface area contributed by atoms with E-state index in [4.69, 9.17) is 25.1 Å². The first kappa shape index (κ1) is 40.1. The Bertz CT molecular complexity index is 2100. The van der Waals surface area contributed by atoms with Crippen LogP contribution >= 0.6 is 0 Å². The smallest absolute Gasteiger partial charge is 0.490 e. The number of methoxy groups -OCH3 is 1. The number of nitrogen functional groups attached to an aromatic ring is 1. The van der Waals surface area contributed by atoms with Gasteiger partial charge in [-0.3, -0.25) is 10.1 Å². The standard InChI is InChI=1S/C33H36FN5O6S.C2HF3O2/c1-4-45-23-10-12-27(34)25(19-23)30(37-21-8-11-24-20(17-21)14-15-36-31(24)35)32(40)39-16-6-7-28(39)26-18-22(38-33(41)44-3)9-13-29(26)46(42,43)5-2;3-2(4,5)1(6)7/h8-15,17-19,28,30,37H,4-7,16H2,1-3H3,(H2,35,36)(H,38,41);(H,6,7)/t28-,30-;/m1./s1. The number of halogens is 4. The number of alkyl halides is 3. The predicted molar refractivity (Wildman–Crippen MR) is 188 cm³/mol. The molecule has 284 valence electrons. The van der Waals surface area contributed by atoms with Gasteiger partial charge in [0.05, 0.1) is 30.4 Å². The number of carboxylic acid groups (broad SMARTS) is 1. The van der Waals surface area contributed by atoms with Crippen LogP contribution in [0.3, 0.4) is 0 Å². The maximum Gasteiger partial charge on any atom is 0.490 e. The molecule has 0 unspecified atom stereocenters. The number of rotatable bonds is 10. The van der Waals surface area contributed by atoms with Crippen molar-refractivity contribution in [1.29, 1.82) is 0 Å². The molecule has 2 atom stereocenters. The number of nitrogens with zero attached hydrogens (tertiary/aromatic N) is 2. The summed E-state index contributed by atoms with van der Waals surface area (Å²) in [5, 5.41) is 14.4. The van der Waals surface area contributed by atoms with E-state index in [0.717, 1.165) is 10.8 Å². The molecule has 5 N–H and O–H groups in total. The normalized spacial score (nSPS) is 14.8. The van der Waals surface area contributed by atoms with Gasteiger partial charge in [0.25, 0.3) is 0 Å². The average Bonchev–Trinajstić information content (AvgIpc) is 3.61. The second-order valence-corrected chi connectivity index (χ2v) is 13.8. The number of likely N-dealkylation sites (tertiary alicyclic amines) is 1. The quantitative estimate of drug-likeness (QED) is 0.129. The molecule has 1 saturated heterocycles. The molecular weight excluding hydrogens is 726 g/mol. The van der Waals surface area contributed by atoms with Gasteiger partial charge >= 0.3 is 18.2 Å². The number of carbonyl (C=O) groups excluding carboxylic acids is 2. The molecule has 3 aromatic carbocycles. The molecule has 1 aromatic heterocycles. The zero-order valence-electron chi connectivity index (χ0n) is 28.7. The second-order valence-electron chi connectivity index (χ2n) is 11.6. The number of carboxylic acids is 1. The first-order valence-electron chi connectivity index (χ1n) is 16.2. The molecule has 0 saturated carbocycles. The van der Waals surface area contributed by atoms with E-state index < -0.39 is 51.9 Å². The summed E-state index contributed by atoms with van der Waals surface area (Å²) < 4.78 is 84.1. The molecule has 2 heterocycles. The number of sulfone groups is 1. The molecule has 5 rings (SSSR count). The largest absolute Gasteiger partial charge is 0.494 e. The molecular formula is C35H37F4N5O8S. The molecule has 1 aliphatic heterocycles. The number of aliphatic carboxylic acids is 1. The van der Waals surface area contributed by atoms with Gasteiger partial charge in [-0.05, 0) is 91.4 Å². The minimum Gasteiger partial charge on any atom is -0.494 e. The lowest BCUT2D eigenvalue weighted by molar-refractivity contribution is -0.192. The minimum absolute atomic E-state index is 0.0601. The zero-order chi connectivity index (χ0) is 39.1. The molecule has 0 spiro atoms. The van der Waals surface area contributed by atoms with Gasteiger partial charge in [0, 0.05) is 35.1 Å². The number of hydrogen-bond acceptors (Lipinski definition) is 10. The Morgan fingerprint density at radius 1 is 1.06 bits per heavy atom. The second kappa shape index (κ2) is 16.8. The van der Waals surface area contributed by atoms with Gasteiger partial charge in [-0.2, -0.15) is 13.2 Å². The number of ether oxygens (including phenoxy) is 2. The summed E-state index contributed by atoms with van der Waals surface area (Å²) in [6.07, 6.45) is -3.20. The van der Waals surface area contributed by atoms with Gasteiger partial charge in [0.1, 0.15) is 23.4 Å². The lowest BCUT2D eigenvalue weighted by atomic mass is 10.00. The summed E-state index contributed by atoms with van der Waals surface area (Å²) >= 11 is 0. The van der Waals surface area contributed by atoms with Crippen LogP contribution in [0.2, 0.25) is 0 Å². The van der Waals surface area contributed by atoms with E-state index in [9.17, 15) is 31.2 Å². The van der Waals surface area contributed by atoms with Crippen LogP contribution < -0.4 is 21.1 Å². The monoisotopic (exact) mass is 763 g/mol. The van der Waals surface area contributed by atoms with E-state index in [1.165, 1.54) is 37.4 Å². The number of amides is 2. The lowest BCUT2D eigenvalue weighted by Crippen LogP contribution is -2.38. The van der Waals surface area contributed by atoms with Crippen LogP contribution in [0.25, 0.3) is 10.8 Å². The average molecular weight is 764 g/mol. The first-order valence-corrected chi connectivity index (χ1v) is 17.8. The van der Waals surface area contributed by atoms with E-state index >= 15 is 4.39 Å². The predicted octanol–water partition coefficient (Wildman–Crippen LogP) is 6.48. The van der Waals surface area contributed by atoms with Crippen molar-refractivity contribution < 1.29 is 54.9 Å². The van der Waals surface area contributed by atoms with Gasteiger partial charge in [-0.15, -0.1) is 0 Å². The topological polar surface area (TPSA) is 190 Å². The van der Waals surface area contributed by atoms with Crippen LogP contribution in [0.5, 0.6) is 5.75 Å². The van der Waals surface area contributed by atoms with Gasteiger partial charge in [-0.1, -0.05) is 6.92 Å². The molecule has 1 fully saturated rings. The van der Waals surface area contributed by atoms with Crippen molar-refractivity contribution in [3.05, 3.63) is 83.8 Å². The summed E-state index contributed by atoms with van der Waals surface area (Å²) in [5.41, 5.74) is 7.31. The lowest BCUT2D eigenvalue weighted by Gasteiger charge is -2.31. The number of aromatic nitrogens is 1. The van der Waals surface area contributed by atoms with Crippen molar-refractivity contribution in [2.75, 3.05) is 42.4 Å². The molecule has 1 aliphatic rings. The highest BCUT2D eigenvalue weighted by Crippen LogP contribution is 2.40. The van der Waals surface area contributed by atoms with E-state index in [0.29, 0.717) is 54.5 Å². The fourth-order valence-corrected chi connectivity index (χ4v) is 6.88. The number of pyridine rings is 1. The van der Waals surface area contributed by atoms with E-state index in [-0.39, 0.29) is 16.2 Å². The number of fused-ring (bicyclic) bond motifs is 1. The number of benzene rings is 3. The van der Waals surface area contributed by atoms with Gasteiger partial charge < -0.3 is 30.5 Å². The minimum atomic E-state index is -5.08. The molecule has 13 nitrogen and oxygen atoms in total. The van der Waals surface area contributed by atoms with Crippen LogP contribution in [-0.2, 0) is 24.2 Å². The van der Waals surface area contributed by atoms with E-state index in [1.807, 2.05) is 0 Å². The van der Waals surface area contributed by atoms with Crippen LogP contribution in [0.4, 0.5) is 39.5 Å². The number of hydrogen-bond donors (Lipinski definition) is 4. The van der Waals surface area contributed by atoms with Crippen molar-refractivity contribution in [3.8, 4) is 5.75 Å². The van der Waals surface area contributed by atoms with Crippen LogP contribution in [0.15, 0.2) is 71.8 Å². The number of carbonyl (C=O) groups is 3. The van der Waals surface area contributed by atoms with Crippen molar-refractivity contribution in [1.82, 2.24) is 9.88 Å². The van der Waals surface area contributed by atoms with Crippen LogP contribution in [0, 0.1) is 5.82 Å². The molecule has 18 heteroatoms. The number of anilines is 3. The van der Waals surface area contributed by atoms with Gasteiger partial charge in [-0.25, -0.2) is 27.4 Å². The molecule has 4 aromatic rings. The molecule has 2 amide bonds. The third kappa shape index (κ3) is 9.62. The summed E-state index contributed by atoms with van der Waals surface area (Å²) in [6.45, 7) is 3.99. The Kier molecular flexibility index (Phi) is 12.7. The summed E-state index contributed by atoms with van der Waals surface area (Å²) in [5.74, 6) is -3.24. The van der Waals surface area contributed by atoms with Gasteiger partial charge in [0.15, 0.2) is 9.84 Å². The SMILES string of the molecule is CCOc1ccc(F)c([C@@H](Nc2ccc3c(N)nccc3c2)C(=O)N2CCC[C@@H]2c2cc(NC(=O)OC)ccc2S(=O)(=O)CC)c1.O=C(O)C(F)(F)F. The van der Waals surface area contributed by atoms with E-state index in [2.05, 4.69) is 15.6 Å². The number of nitrogens with one attached hydrogen (secondary N) is 2. The third-order valence-corrected chi connectivity index (χ3v) is 10.0. The number of nitrogens with two attached hydrogens (primary N) is 1. The maximum absolute atomic E-state index is 15.6. The highest BCUT2D eigenvalue weighted by Gasteiger charge is 2.39. The van der Waals surface area contributed by atoms with Crippen LogP contribution in [0.1, 0.15) is 49.9 Å². The fourth-order valence-electron chi connectivity index (χ4n) is 5.74. The molecule has 53 heavy (non-hydrogen) atoms. The first-order chi connectivity index (χ1) is 25.0. The summed E-state index contributed by atoms with van der Waals surface area (Å²) in [7, 11) is -2.50. The Morgan fingerprint density at radius 2 is 1.75 bits per heavy atom. The van der Waals surface area contributed by atoms with Crippen molar-refractivity contribution in [3.63, 3.8) is 0 Å². The Balaban J connectivity index is 0.000000815. The Hall–Kier alpha value is -5.65. The fraction of sp³-hybridized carbons (Fsp3) is 0.314. The maximum atomic E-state index is 15.6. The molecule has 0 bridgehead atoms. The summed E-state index contributed by atoms with van der Waals surface area (Å²) in [4.78, 5) is 41.2. The highest BCUT2D eigenvalue weighted by molar-refractivity contribution is 7.91. The van der Waals surface area contributed by atoms with Crippen molar-refractivity contribution in [2.45, 2.75) is 49.8 Å². The highest BCUT2D eigenvalue weighted by atomic mass is 32.2. The van der Waals surface area contributed by atoms with Crippen molar-refractivity contribution in [2.24, 2.45) is 0 Å². The van der Waals surface area contributed by atoms with E-state index in [1.54, 1.807) is 55.3 Å². The van der Waals surface area contributed by atoms with Crippen LogP contribution in [-0.4, -0.2) is 73.6 Å². The molecule has 0 radical (unpaired) electrons.